The predicted octanol–water partition coefficient (Wildman–Crippen LogP) is 4.11. The lowest BCUT2D eigenvalue weighted by Gasteiger charge is -2.20. The Labute approximate surface area is 195 Å². The average Bonchev–Trinajstić information content (AvgIpc) is 2.80. The molecule has 0 fully saturated rings. The minimum atomic E-state index is -3.72. The summed E-state index contributed by atoms with van der Waals surface area (Å²) < 4.78 is 52.6. The molecule has 0 spiro atoms. The van der Waals surface area contributed by atoms with Gasteiger partial charge in [-0.15, -0.1) is 0 Å². The van der Waals surface area contributed by atoms with Crippen LogP contribution in [0.1, 0.15) is 29.8 Å². The molecule has 7 nitrogen and oxygen atoms in total. The Bertz CT molecular complexity index is 1350. The summed E-state index contributed by atoms with van der Waals surface area (Å²) in [6.07, 6.45) is 0. The maximum atomic E-state index is 12.9. The molecule has 0 aliphatic heterocycles. The number of sulfonamides is 1. The smallest absolute Gasteiger partial charge is 0.255 e. The molecule has 1 amide bonds. The standard InChI is InChI=1S/C24H26N2O5S2/c1-4-26(5-2)33(30,31)23-17-19(12-11-18(23)3)24(27)25-20-13-15-22(16-14-20)32(28,29)21-9-7-6-8-10-21/h6-17H,4-5H2,1-3H3,(H,25,27). The van der Waals surface area contributed by atoms with Crippen molar-refractivity contribution in [3.8, 4) is 0 Å². The first-order valence-corrected chi connectivity index (χ1v) is 13.4. The molecular formula is C24H26N2O5S2. The highest BCUT2D eigenvalue weighted by Crippen LogP contribution is 2.24. The van der Waals surface area contributed by atoms with E-state index in [2.05, 4.69) is 5.32 Å². The third kappa shape index (κ3) is 5.16. The lowest BCUT2D eigenvalue weighted by Crippen LogP contribution is -2.31. The van der Waals surface area contributed by atoms with Gasteiger partial charge in [0.1, 0.15) is 0 Å². The van der Waals surface area contributed by atoms with Crippen molar-refractivity contribution in [2.45, 2.75) is 35.5 Å². The van der Waals surface area contributed by atoms with Gasteiger partial charge in [-0.2, -0.15) is 4.31 Å². The van der Waals surface area contributed by atoms with Gasteiger partial charge in [0, 0.05) is 24.3 Å². The van der Waals surface area contributed by atoms with E-state index >= 15 is 0 Å². The number of rotatable bonds is 8. The Morgan fingerprint density at radius 1 is 0.818 bits per heavy atom. The highest BCUT2D eigenvalue weighted by Gasteiger charge is 2.25. The Kier molecular flexibility index (Phi) is 7.36. The second-order valence-corrected chi connectivity index (χ2v) is 11.2. The third-order valence-corrected chi connectivity index (χ3v) is 9.23. The Morgan fingerprint density at radius 2 is 1.39 bits per heavy atom. The van der Waals surface area contributed by atoms with Crippen LogP contribution in [0.2, 0.25) is 0 Å². The molecule has 3 aromatic rings. The van der Waals surface area contributed by atoms with E-state index in [1.54, 1.807) is 51.1 Å². The van der Waals surface area contributed by atoms with E-state index in [4.69, 9.17) is 0 Å². The molecule has 0 aliphatic carbocycles. The van der Waals surface area contributed by atoms with E-state index in [-0.39, 0.29) is 20.2 Å². The van der Waals surface area contributed by atoms with E-state index < -0.39 is 25.8 Å². The number of hydrogen-bond donors (Lipinski definition) is 1. The Morgan fingerprint density at radius 3 is 1.97 bits per heavy atom. The van der Waals surface area contributed by atoms with Crippen LogP contribution in [-0.4, -0.2) is 40.1 Å². The minimum Gasteiger partial charge on any atom is -0.322 e. The molecular weight excluding hydrogens is 460 g/mol. The first kappa shape index (κ1) is 24.6. The van der Waals surface area contributed by atoms with Crippen LogP contribution in [0.4, 0.5) is 5.69 Å². The van der Waals surface area contributed by atoms with Gasteiger partial charge in [-0.3, -0.25) is 4.79 Å². The SMILES string of the molecule is CCN(CC)S(=O)(=O)c1cc(C(=O)Nc2ccc(S(=O)(=O)c3ccccc3)cc2)ccc1C. The zero-order valence-corrected chi connectivity index (χ0v) is 20.3. The Balaban J connectivity index is 1.84. The van der Waals surface area contributed by atoms with Gasteiger partial charge in [-0.05, 0) is 61.0 Å². The summed E-state index contributed by atoms with van der Waals surface area (Å²) in [4.78, 5) is 13.2. The maximum absolute atomic E-state index is 12.9. The van der Waals surface area contributed by atoms with Crippen molar-refractivity contribution in [3.05, 3.63) is 83.9 Å². The van der Waals surface area contributed by atoms with Gasteiger partial charge in [0.05, 0.1) is 14.7 Å². The molecule has 3 aromatic carbocycles. The van der Waals surface area contributed by atoms with Crippen molar-refractivity contribution < 1.29 is 21.6 Å². The fourth-order valence-electron chi connectivity index (χ4n) is 3.38. The van der Waals surface area contributed by atoms with Crippen molar-refractivity contribution in [1.29, 1.82) is 0 Å². The number of carbonyl (C=O) groups is 1. The summed E-state index contributed by atoms with van der Waals surface area (Å²) in [6.45, 7) is 5.85. The summed E-state index contributed by atoms with van der Waals surface area (Å²) in [5.74, 6) is -0.496. The van der Waals surface area contributed by atoms with E-state index in [0.29, 0.717) is 24.3 Å². The van der Waals surface area contributed by atoms with Crippen molar-refractivity contribution in [2.24, 2.45) is 0 Å². The molecule has 0 bridgehead atoms. The van der Waals surface area contributed by atoms with Gasteiger partial charge < -0.3 is 5.32 Å². The number of hydrogen-bond acceptors (Lipinski definition) is 5. The van der Waals surface area contributed by atoms with Crippen molar-refractivity contribution in [3.63, 3.8) is 0 Å². The summed E-state index contributed by atoms with van der Waals surface area (Å²) in [5, 5.41) is 2.69. The number of nitrogens with zero attached hydrogens (tertiary/aromatic N) is 1. The lowest BCUT2D eigenvalue weighted by molar-refractivity contribution is 0.102. The predicted molar refractivity (Wildman–Crippen MR) is 128 cm³/mol. The van der Waals surface area contributed by atoms with E-state index in [9.17, 15) is 21.6 Å². The zero-order chi connectivity index (χ0) is 24.2. The first-order chi connectivity index (χ1) is 15.6. The second kappa shape index (κ2) is 9.86. The third-order valence-electron chi connectivity index (χ3n) is 5.25. The van der Waals surface area contributed by atoms with Gasteiger partial charge in [0.2, 0.25) is 19.9 Å². The number of aryl methyl sites for hydroxylation is 1. The van der Waals surface area contributed by atoms with Gasteiger partial charge in [0.15, 0.2) is 0 Å². The zero-order valence-electron chi connectivity index (χ0n) is 18.6. The lowest BCUT2D eigenvalue weighted by atomic mass is 10.1. The molecule has 174 valence electrons. The molecule has 0 unspecified atom stereocenters. The van der Waals surface area contributed by atoms with E-state index in [1.807, 2.05) is 0 Å². The van der Waals surface area contributed by atoms with Crippen molar-refractivity contribution in [2.75, 3.05) is 18.4 Å². The molecule has 0 saturated heterocycles. The van der Waals surface area contributed by atoms with Gasteiger partial charge in [0.25, 0.3) is 5.91 Å². The molecule has 33 heavy (non-hydrogen) atoms. The fourth-order valence-corrected chi connectivity index (χ4v) is 6.37. The van der Waals surface area contributed by atoms with Crippen LogP contribution < -0.4 is 5.32 Å². The van der Waals surface area contributed by atoms with Crippen LogP contribution in [0, 0.1) is 6.92 Å². The van der Waals surface area contributed by atoms with Gasteiger partial charge >= 0.3 is 0 Å². The molecule has 0 saturated carbocycles. The second-order valence-electron chi connectivity index (χ2n) is 7.36. The number of sulfone groups is 1. The van der Waals surface area contributed by atoms with Crippen LogP contribution in [0.25, 0.3) is 0 Å². The minimum absolute atomic E-state index is 0.0863. The number of benzene rings is 3. The number of amides is 1. The number of carbonyl (C=O) groups excluding carboxylic acids is 1. The molecule has 0 heterocycles. The molecule has 0 aromatic heterocycles. The topological polar surface area (TPSA) is 101 Å². The molecule has 3 rings (SSSR count). The fraction of sp³-hybridized carbons (Fsp3) is 0.208. The largest absolute Gasteiger partial charge is 0.322 e. The van der Waals surface area contributed by atoms with Gasteiger partial charge in [-0.1, -0.05) is 38.1 Å². The van der Waals surface area contributed by atoms with Crippen LogP contribution in [0.3, 0.4) is 0 Å². The van der Waals surface area contributed by atoms with Crippen molar-refractivity contribution in [1.82, 2.24) is 4.31 Å². The monoisotopic (exact) mass is 486 g/mol. The van der Waals surface area contributed by atoms with E-state index in [1.165, 1.54) is 46.8 Å². The van der Waals surface area contributed by atoms with Gasteiger partial charge in [-0.25, -0.2) is 16.8 Å². The molecule has 0 aliphatic rings. The highest BCUT2D eigenvalue weighted by atomic mass is 32.2. The summed E-state index contributed by atoms with van der Waals surface area (Å²) in [7, 11) is -7.38. The summed E-state index contributed by atoms with van der Waals surface area (Å²) in [5.41, 5.74) is 1.13. The maximum Gasteiger partial charge on any atom is 0.255 e. The molecule has 1 N–H and O–H groups in total. The quantitative estimate of drug-likeness (QED) is 0.516. The number of anilines is 1. The molecule has 9 heteroatoms. The van der Waals surface area contributed by atoms with E-state index in [0.717, 1.165) is 0 Å². The normalized spacial score (nSPS) is 12.0. The van der Waals surface area contributed by atoms with Crippen LogP contribution in [0.15, 0.2) is 87.5 Å². The van der Waals surface area contributed by atoms with Crippen molar-refractivity contribution >= 4 is 31.5 Å². The summed E-state index contributed by atoms with van der Waals surface area (Å²) >= 11 is 0. The molecule has 0 atom stereocenters. The number of nitrogens with one attached hydrogen (secondary N) is 1. The highest BCUT2D eigenvalue weighted by molar-refractivity contribution is 7.91. The average molecular weight is 487 g/mol. The van der Waals surface area contributed by atoms with Crippen LogP contribution in [-0.2, 0) is 19.9 Å². The first-order valence-electron chi connectivity index (χ1n) is 10.4. The molecule has 0 radical (unpaired) electrons. The van der Waals surface area contributed by atoms with Crippen LogP contribution >= 0.6 is 0 Å². The summed E-state index contributed by atoms with van der Waals surface area (Å²) in [6, 6.07) is 18.4. The van der Waals surface area contributed by atoms with Crippen LogP contribution in [0.5, 0.6) is 0 Å². The Hall–Kier alpha value is -3.01.